The fourth-order valence-corrected chi connectivity index (χ4v) is 7.24. The standard InChI is InChI=1S/C44H38N8.5ClH.Mn/c1-49-21-13-29(14-22-49)41-33-5-7-35(45-33)42(30-15-23-50(2)24-16-30)37-9-11-39(47-37)44(32-19-27-52(4)28-20-32)40-12-10-38(48-40)43(36-8-6-34(41)46-36)31-17-25-51(3)26-18-31;;;;;;/h5-9,11,13-28H,10,12H2,1-4H3;5*1H;/q+2;;;;;;+3/p-5. The number of aromatic nitrogens is 4. The van der Waals surface area contributed by atoms with E-state index in [2.05, 4.69) is 144 Å². The SMILES string of the molecule is CN1C=CC(=C2C3=NC(=C(c4cc[n+](C)cc4)c4ccc([n-]4)C(c4cc[n+](C)cc4)=C4C=CC(=N4)C(c4cc[n+](C)cc4)=C4CCC2=N4)C=C3)C=C1.[Cl-].[Cl-].[Cl-].[Cl-].[Cl-].[Mn+3]. The first kappa shape index (κ1) is 47.8. The number of aliphatic imine (C=N–C) groups is 3. The minimum absolute atomic E-state index is 0. The van der Waals surface area contributed by atoms with Gasteiger partial charge in [-0.3, -0.25) is 4.99 Å². The number of allylic oxidation sites excluding steroid dienone is 10. The van der Waals surface area contributed by atoms with Crippen molar-refractivity contribution in [1.82, 2.24) is 9.88 Å². The maximum absolute atomic E-state index is 5.46. The maximum atomic E-state index is 5.46. The van der Waals surface area contributed by atoms with Gasteiger partial charge in [0.2, 0.25) is 0 Å². The quantitative estimate of drug-likeness (QED) is 0.152. The molecular formula is C44H38Cl5MnN8. The minimum Gasteiger partial charge on any atom is -1.00 e. The monoisotopic (exact) mass is 908 g/mol. The van der Waals surface area contributed by atoms with Gasteiger partial charge >= 0.3 is 17.1 Å². The topological polar surface area (TPSA) is 66.1 Å². The molecule has 0 aromatic carbocycles. The Kier molecular flexibility index (Phi) is 16.4. The van der Waals surface area contributed by atoms with Crippen molar-refractivity contribution in [2.75, 3.05) is 7.05 Å². The first-order valence-electron chi connectivity index (χ1n) is 17.6. The van der Waals surface area contributed by atoms with E-state index in [9.17, 15) is 0 Å². The predicted molar refractivity (Wildman–Crippen MR) is 204 cm³/mol. The van der Waals surface area contributed by atoms with Gasteiger partial charge in [0.25, 0.3) is 0 Å². The second-order valence-electron chi connectivity index (χ2n) is 13.7. The van der Waals surface area contributed by atoms with Crippen LogP contribution in [0.2, 0.25) is 0 Å². The first-order valence-corrected chi connectivity index (χ1v) is 17.6. The normalized spacial score (nSPS) is 16.1. The van der Waals surface area contributed by atoms with Crippen LogP contribution >= 0.6 is 0 Å². The summed E-state index contributed by atoms with van der Waals surface area (Å²) in [7, 11) is 8.14. The van der Waals surface area contributed by atoms with Gasteiger partial charge in [0.05, 0.1) is 34.2 Å². The van der Waals surface area contributed by atoms with Crippen LogP contribution in [0.25, 0.3) is 16.7 Å². The summed E-state index contributed by atoms with van der Waals surface area (Å²) in [6, 6.07) is 17.1. The number of hydrogen-bond acceptors (Lipinski definition) is 4. The van der Waals surface area contributed by atoms with Gasteiger partial charge in [-0.05, 0) is 82.7 Å². The molecule has 296 valence electrons. The molecule has 4 aromatic heterocycles. The Labute approximate surface area is 380 Å². The van der Waals surface area contributed by atoms with Crippen LogP contribution in [0.3, 0.4) is 0 Å². The molecule has 0 saturated carbocycles. The average molecular weight is 911 g/mol. The second kappa shape index (κ2) is 19.9. The Morgan fingerprint density at radius 1 is 0.500 bits per heavy atom. The molecule has 0 saturated heterocycles. The fourth-order valence-electron chi connectivity index (χ4n) is 7.24. The summed E-state index contributed by atoms with van der Waals surface area (Å²) in [4.78, 5) is 23.7. The van der Waals surface area contributed by atoms with Crippen molar-refractivity contribution in [2.45, 2.75) is 12.8 Å². The van der Waals surface area contributed by atoms with Gasteiger partial charge in [0.15, 0.2) is 37.2 Å². The molecule has 5 aliphatic heterocycles. The number of pyridine rings is 3. The minimum atomic E-state index is 0. The van der Waals surface area contributed by atoms with Crippen LogP contribution in [0, 0.1) is 0 Å². The van der Waals surface area contributed by atoms with E-state index < -0.39 is 0 Å². The van der Waals surface area contributed by atoms with Crippen molar-refractivity contribution in [3.8, 4) is 0 Å². The molecule has 0 radical (unpaired) electrons. The zero-order valence-electron chi connectivity index (χ0n) is 32.0. The van der Waals surface area contributed by atoms with Crippen LogP contribution in [0.5, 0.6) is 0 Å². The molecular weight excluding hydrogens is 873 g/mol. The van der Waals surface area contributed by atoms with Crippen molar-refractivity contribution in [1.29, 1.82) is 0 Å². The van der Waals surface area contributed by atoms with Crippen molar-refractivity contribution in [3.63, 3.8) is 0 Å². The van der Waals surface area contributed by atoms with E-state index in [4.69, 9.17) is 20.0 Å². The van der Waals surface area contributed by atoms with Gasteiger partial charge in [-0.25, -0.2) is 23.7 Å². The van der Waals surface area contributed by atoms with E-state index in [1.54, 1.807) is 0 Å². The summed E-state index contributed by atoms with van der Waals surface area (Å²) in [5, 5.41) is 0. The average Bonchev–Trinajstić information content (AvgIpc) is 3.99. The molecule has 5 aliphatic rings. The van der Waals surface area contributed by atoms with Crippen LogP contribution in [0.4, 0.5) is 0 Å². The Morgan fingerprint density at radius 2 is 0.914 bits per heavy atom. The maximum Gasteiger partial charge on any atom is 3.00 e. The second-order valence-corrected chi connectivity index (χ2v) is 13.7. The van der Waals surface area contributed by atoms with Gasteiger partial charge in [0, 0.05) is 67.0 Å². The summed E-state index contributed by atoms with van der Waals surface area (Å²) >= 11 is 0. The van der Waals surface area contributed by atoms with Crippen molar-refractivity contribution < 1.29 is 92.8 Å². The molecule has 9 rings (SSSR count). The van der Waals surface area contributed by atoms with Gasteiger partial charge in [-0.2, -0.15) is 0 Å². The zero-order chi connectivity index (χ0) is 35.3. The molecule has 0 N–H and O–H groups in total. The third-order valence-electron chi connectivity index (χ3n) is 9.97. The molecule has 8 bridgehead atoms. The summed E-state index contributed by atoms with van der Waals surface area (Å²) in [5.41, 5.74) is 15.6. The van der Waals surface area contributed by atoms with E-state index in [0.29, 0.717) is 0 Å². The smallest absolute Gasteiger partial charge is 1.00 e. The van der Waals surface area contributed by atoms with E-state index >= 15 is 0 Å². The van der Waals surface area contributed by atoms with E-state index in [0.717, 1.165) is 103 Å². The third kappa shape index (κ3) is 9.17. The number of hydrogen-bond donors (Lipinski definition) is 0. The van der Waals surface area contributed by atoms with Crippen molar-refractivity contribution >= 4 is 33.9 Å². The number of aryl methyl sites for hydroxylation is 3. The Bertz CT molecular complexity index is 2520. The largest absolute Gasteiger partial charge is 3.00 e. The zero-order valence-corrected chi connectivity index (χ0v) is 36.9. The van der Waals surface area contributed by atoms with Gasteiger partial charge in [0.1, 0.15) is 21.1 Å². The third-order valence-corrected chi connectivity index (χ3v) is 9.97. The van der Waals surface area contributed by atoms with Gasteiger partial charge in [-0.1, -0.05) is 12.1 Å². The molecule has 0 atom stereocenters. The number of rotatable bonds is 3. The van der Waals surface area contributed by atoms with Gasteiger partial charge in [-0.15, -0.1) is 11.4 Å². The Hall–Kier alpha value is -4.57. The molecule has 0 spiro atoms. The number of fused-ring (bicyclic) bond motifs is 5. The molecule has 0 aliphatic carbocycles. The summed E-state index contributed by atoms with van der Waals surface area (Å²) in [6.07, 6.45) is 31.0. The van der Waals surface area contributed by atoms with Crippen molar-refractivity contribution in [2.24, 2.45) is 36.1 Å². The predicted octanol–water partition coefficient (Wildman–Crippen LogP) is -9.40. The number of nitrogens with zero attached hydrogens (tertiary/aromatic N) is 8. The molecule has 8 nitrogen and oxygen atoms in total. The fraction of sp³-hybridized carbons (Fsp3) is 0.136. The van der Waals surface area contributed by atoms with Gasteiger partial charge < -0.3 is 71.9 Å². The van der Waals surface area contributed by atoms with Crippen LogP contribution in [-0.4, -0.2) is 29.1 Å². The Balaban J connectivity index is 0.00000150. The molecule has 0 fully saturated rings. The van der Waals surface area contributed by atoms with E-state index in [1.807, 2.05) is 37.3 Å². The van der Waals surface area contributed by atoms with E-state index in [1.165, 1.54) is 0 Å². The first-order chi connectivity index (χ1) is 25.4. The summed E-state index contributed by atoms with van der Waals surface area (Å²) < 4.78 is 6.14. The Morgan fingerprint density at radius 3 is 1.36 bits per heavy atom. The molecule has 58 heavy (non-hydrogen) atoms. The van der Waals surface area contributed by atoms with Crippen LogP contribution in [0.15, 0.2) is 178 Å². The summed E-state index contributed by atoms with van der Waals surface area (Å²) in [5.74, 6) is 0. The molecule has 9 heterocycles. The summed E-state index contributed by atoms with van der Waals surface area (Å²) in [6.45, 7) is 0. The van der Waals surface area contributed by atoms with Crippen LogP contribution < -0.4 is 80.7 Å². The van der Waals surface area contributed by atoms with Crippen molar-refractivity contribution in [3.05, 3.63) is 191 Å². The van der Waals surface area contributed by atoms with E-state index in [-0.39, 0.29) is 79.1 Å². The number of halogens is 5. The molecule has 0 unspecified atom stereocenters. The molecule has 14 heteroatoms. The molecule has 4 aromatic rings. The van der Waals surface area contributed by atoms with Crippen LogP contribution in [-0.2, 0) is 38.2 Å². The molecule has 0 amide bonds. The van der Waals surface area contributed by atoms with Crippen LogP contribution in [0.1, 0.15) is 40.9 Å².